The molecule has 2 rings (SSSR count). The summed E-state index contributed by atoms with van der Waals surface area (Å²) in [5.74, 6) is 0.735. The fourth-order valence-corrected chi connectivity index (χ4v) is 1.69. The average Bonchev–Trinajstić information content (AvgIpc) is 2.35. The van der Waals surface area contributed by atoms with Gasteiger partial charge in [-0.1, -0.05) is 27.7 Å². The molecule has 0 saturated carbocycles. The Morgan fingerprint density at radius 1 is 1.00 bits per heavy atom. The minimum atomic E-state index is -4.64. The number of fused-ring (bicyclic) bond motifs is 1. The SMILES string of the molecule is CC(C)c1nc2cncnc2nc1C(C)C.O=P(O)(O)O. The maximum atomic E-state index is 8.88. The second kappa shape index (κ2) is 7.00. The van der Waals surface area contributed by atoms with E-state index in [9.17, 15) is 0 Å². The monoisotopic (exact) mass is 314 g/mol. The minimum Gasteiger partial charge on any atom is -0.303 e. The lowest BCUT2D eigenvalue weighted by molar-refractivity contribution is 0.275. The number of rotatable bonds is 2. The Morgan fingerprint density at radius 2 is 1.48 bits per heavy atom. The summed E-state index contributed by atoms with van der Waals surface area (Å²) in [6, 6.07) is 0. The van der Waals surface area contributed by atoms with Crippen LogP contribution in [-0.4, -0.2) is 34.6 Å². The van der Waals surface area contributed by atoms with Gasteiger partial charge in [0.05, 0.1) is 17.6 Å². The van der Waals surface area contributed by atoms with Gasteiger partial charge >= 0.3 is 7.82 Å². The Bertz CT molecular complexity index is 602. The molecule has 0 amide bonds. The van der Waals surface area contributed by atoms with E-state index in [4.69, 9.17) is 19.2 Å². The number of phosphoric acid groups is 1. The van der Waals surface area contributed by atoms with E-state index in [0.717, 1.165) is 16.9 Å². The van der Waals surface area contributed by atoms with Crippen LogP contribution in [0.5, 0.6) is 0 Å². The summed E-state index contributed by atoms with van der Waals surface area (Å²) in [6.07, 6.45) is 3.22. The van der Waals surface area contributed by atoms with E-state index in [1.165, 1.54) is 6.33 Å². The molecule has 9 heteroatoms. The van der Waals surface area contributed by atoms with Gasteiger partial charge < -0.3 is 14.7 Å². The van der Waals surface area contributed by atoms with Gasteiger partial charge in [-0.2, -0.15) is 0 Å². The zero-order valence-corrected chi connectivity index (χ0v) is 13.2. The van der Waals surface area contributed by atoms with Gasteiger partial charge in [0.25, 0.3) is 0 Å². The van der Waals surface area contributed by atoms with E-state index in [-0.39, 0.29) is 0 Å². The average molecular weight is 314 g/mol. The molecule has 0 unspecified atom stereocenters. The van der Waals surface area contributed by atoms with Crippen LogP contribution in [-0.2, 0) is 4.57 Å². The van der Waals surface area contributed by atoms with Crippen molar-refractivity contribution in [2.45, 2.75) is 39.5 Å². The van der Waals surface area contributed by atoms with E-state index in [0.29, 0.717) is 17.5 Å². The molecule has 0 spiro atoms. The molecule has 0 aliphatic heterocycles. The van der Waals surface area contributed by atoms with Crippen LogP contribution in [0.3, 0.4) is 0 Å². The third-order valence-corrected chi connectivity index (χ3v) is 2.50. The molecule has 2 heterocycles. The highest BCUT2D eigenvalue weighted by Gasteiger charge is 2.15. The Morgan fingerprint density at radius 3 is 1.95 bits per heavy atom. The third kappa shape index (κ3) is 5.81. The van der Waals surface area contributed by atoms with E-state index in [2.05, 4.69) is 47.6 Å². The van der Waals surface area contributed by atoms with Crippen molar-refractivity contribution in [3.63, 3.8) is 0 Å². The summed E-state index contributed by atoms with van der Waals surface area (Å²) < 4.78 is 8.88. The van der Waals surface area contributed by atoms with Gasteiger partial charge in [-0.15, -0.1) is 0 Å². The van der Waals surface area contributed by atoms with Crippen molar-refractivity contribution >= 4 is 19.0 Å². The normalized spacial score (nSPS) is 11.7. The van der Waals surface area contributed by atoms with Crippen molar-refractivity contribution in [3.8, 4) is 0 Å². The summed E-state index contributed by atoms with van der Waals surface area (Å²) in [7, 11) is -4.64. The molecular formula is C12H19N4O4P. The van der Waals surface area contributed by atoms with Gasteiger partial charge in [0, 0.05) is 0 Å². The van der Waals surface area contributed by atoms with E-state index in [1.807, 2.05) is 0 Å². The molecule has 3 N–H and O–H groups in total. The van der Waals surface area contributed by atoms with Crippen LogP contribution in [0.4, 0.5) is 0 Å². The van der Waals surface area contributed by atoms with Crippen LogP contribution in [0.25, 0.3) is 11.2 Å². The molecule has 0 aliphatic carbocycles. The molecule has 21 heavy (non-hydrogen) atoms. The van der Waals surface area contributed by atoms with Crippen molar-refractivity contribution in [1.82, 2.24) is 19.9 Å². The number of aromatic nitrogens is 4. The predicted octanol–water partition coefficient (Wildman–Crippen LogP) is 1.74. The number of hydrogen-bond acceptors (Lipinski definition) is 5. The smallest absolute Gasteiger partial charge is 0.303 e. The van der Waals surface area contributed by atoms with Gasteiger partial charge in [-0.05, 0) is 11.8 Å². The highest BCUT2D eigenvalue weighted by molar-refractivity contribution is 7.45. The summed E-state index contributed by atoms with van der Waals surface area (Å²) in [5.41, 5.74) is 3.55. The van der Waals surface area contributed by atoms with Crippen LogP contribution in [0.15, 0.2) is 12.5 Å². The molecule has 0 bridgehead atoms. The fraction of sp³-hybridized carbons (Fsp3) is 0.500. The Balaban J connectivity index is 0.000000383. The lowest BCUT2D eigenvalue weighted by Crippen LogP contribution is -2.06. The molecule has 8 nitrogen and oxygen atoms in total. The van der Waals surface area contributed by atoms with Crippen LogP contribution in [0, 0.1) is 0 Å². The zero-order valence-electron chi connectivity index (χ0n) is 12.3. The summed E-state index contributed by atoms with van der Waals surface area (Å²) >= 11 is 0. The maximum Gasteiger partial charge on any atom is 0.466 e. The third-order valence-electron chi connectivity index (χ3n) is 2.50. The molecule has 0 atom stereocenters. The van der Waals surface area contributed by atoms with Gasteiger partial charge in [0.15, 0.2) is 5.65 Å². The summed E-state index contributed by atoms with van der Waals surface area (Å²) in [4.78, 5) is 38.9. The Hall–Kier alpha value is -1.47. The molecule has 0 radical (unpaired) electrons. The molecule has 2 aromatic rings. The Kier molecular flexibility index (Phi) is 5.86. The highest BCUT2D eigenvalue weighted by atomic mass is 31.2. The van der Waals surface area contributed by atoms with Crippen molar-refractivity contribution in [1.29, 1.82) is 0 Å². The van der Waals surface area contributed by atoms with Gasteiger partial charge in [0.2, 0.25) is 0 Å². The summed E-state index contributed by atoms with van der Waals surface area (Å²) in [5, 5.41) is 0. The van der Waals surface area contributed by atoms with Crippen molar-refractivity contribution in [3.05, 3.63) is 23.9 Å². The first-order valence-corrected chi connectivity index (χ1v) is 7.92. The summed E-state index contributed by atoms with van der Waals surface area (Å²) in [6.45, 7) is 8.52. The maximum absolute atomic E-state index is 8.88. The van der Waals surface area contributed by atoms with Crippen molar-refractivity contribution in [2.75, 3.05) is 0 Å². The fourth-order valence-electron chi connectivity index (χ4n) is 1.69. The number of nitrogens with zero attached hydrogens (tertiary/aromatic N) is 4. The van der Waals surface area contributed by atoms with Gasteiger partial charge in [-0.3, -0.25) is 0 Å². The van der Waals surface area contributed by atoms with Crippen LogP contribution >= 0.6 is 7.82 Å². The predicted molar refractivity (Wildman–Crippen MR) is 77.6 cm³/mol. The van der Waals surface area contributed by atoms with Gasteiger partial charge in [-0.25, -0.2) is 24.5 Å². The van der Waals surface area contributed by atoms with Crippen molar-refractivity contribution in [2.24, 2.45) is 0 Å². The van der Waals surface area contributed by atoms with Crippen molar-refractivity contribution < 1.29 is 19.2 Å². The second-order valence-electron chi connectivity index (χ2n) is 5.05. The van der Waals surface area contributed by atoms with E-state index < -0.39 is 7.82 Å². The molecule has 116 valence electrons. The molecule has 0 aliphatic rings. The lowest BCUT2D eigenvalue weighted by atomic mass is 10.0. The van der Waals surface area contributed by atoms with Crippen LogP contribution in [0.2, 0.25) is 0 Å². The quantitative estimate of drug-likeness (QED) is 0.715. The van der Waals surface area contributed by atoms with Gasteiger partial charge in [0.1, 0.15) is 11.8 Å². The zero-order chi connectivity index (χ0) is 16.2. The first-order chi connectivity index (χ1) is 9.59. The molecule has 0 aromatic carbocycles. The molecule has 0 fully saturated rings. The second-order valence-corrected chi connectivity index (χ2v) is 6.07. The standard InChI is InChI=1S/C12H16N4.H3O4P/c1-7(2)10-11(8(3)4)16-12-9(15-10)5-13-6-14-12;1-5(2,3)4/h5-8H,1-4H3;(H3,1,2,3,4). The van der Waals surface area contributed by atoms with Crippen LogP contribution in [0.1, 0.15) is 50.9 Å². The van der Waals surface area contributed by atoms with E-state index in [1.54, 1.807) is 6.20 Å². The first kappa shape index (κ1) is 17.6. The minimum absolute atomic E-state index is 0.365. The van der Waals surface area contributed by atoms with Crippen LogP contribution < -0.4 is 0 Å². The molecule has 0 saturated heterocycles. The molecule has 2 aromatic heterocycles. The molecular weight excluding hydrogens is 295 g/mol. The Labute approximate surface area is 122 Å². The first-order valence-electron chi connectivity index (χ1n) is 6.35. The topological polar surface area (TPSA) is 129 Å². The lowest BCUT2D eigenvalue weighted by Gasteiger charge is -2.13. The number of hydrogen-bond donors (Lipinski definition) is 3. The largest absolute Gasteiger partial charge is 0.466 e. The highest BCUT2D eigenvalue weighted by Crippen LogP contribution is 2.26. The van der Waals surface area contributed by atoms with E-state index >= 15 is 0 Å².